The Balaban J connectivity index is 1.58. The van der Waals surface area contributed by atoms with Crippen molar-refractivity contribution >= 4 is 62.6 Å². The molecule has 1 fully saturated rings. The van der Waals surface area contributed by atoms with Crippen LogP contribution >= 0.6 is 9.24 Å². The Kier molecular flexibility index (Phi) is 9.94. The minimum absolute atomic E-state index is 0.000198. The first-order valence-electron chi connectivity index (χ1n) is 14.7. The smallest absolute Gasteiger partial charge is 0.274 e. The summed E-state index contributed by atoms with van der Waals surface area (Å²) in [6.45, 7) is 18.2. The van der Waals surface area contributed by atoms with E-state index in [1.165, 1.54) is 0 Å². The normalized spacial score (nSPS) is 16.5. The van der Waals surface area contributed by atoms with Gasteiger partial charge < -0.3 is 10.4 Å². The summed E-state index contributed by atoms with van der Waals surface area (Å²) < 4.78 is 1.75. The van der Waals surface area contributed by atoms with Crippen LogP contribution in [0.5, 0.6) is 5.75 Å². The molecule has 1 aromatic carbocycles. The summed E-state index contributed by atoms with van der Waals surface area (Å²) in [7, 11) is 9.02. The largest absolute Gasteiger partial charge is 0.509 e. The Bertz CT molecular complexity index is 1690. The molecule has 0 bridgehead atoms. The third kappa shape index (κ3) is 6.41. The first kappa shape index (κ1) is 32.9. The van der Waals surface area contributed by atoms with E-state index in [0.717, 1.165) is 28.4 Å². The van der Waals surface area contributed by atoms with Crippen molar-refractivity contribution in [2.24, 2.45) is 10.9 Å². The molecule has 2 radical (unpaired) electrons. The van der Waals surface area contributed by atoms with Crippen LogP contribution in [0.2, 0.25) is 0 Å². The molecule has 4 rings (SSSR count). The average Bonchev–Trinajstić information content (AvgIpc) is 3.57. The molecule has 228 valence electrons. The molecule has 11 heteroatoms. The van der Waals surface area contributed by atoms with Gasteiger partial charge in [0.05, 0.1) is 23.6 Å². The summed E-state index contributed by atoms with van der Waals surface area (Å²) in [5.74, 6) is 0.379. The number of hydrogen-bond acceptors (Lipinski definition) is 6. The molecule has 1 aliphatic heterocycles. The van der Waals surface area contributed by atoms with E-state index < -0.39 is 5.91 Å². The molecule has 1 aliphatic rings. The fraction of sp³-hybridized carbons (Fsp3) is 0.364. The van der Waals surface area contributed by atoms with Gasteiger partial charge in [-0.3, -0.25) is 19.2 Å². The third-order valence-corrected chi connectivity index (χ3v) is 8.79. The van der Waals surface area contributed by atoms with E-state index in [0.29, 0.717) is 34.9 Å². The molecule has 9 nitrogen and oxygen atoms in total. The molecular weight excluding hydrogens is 570 g/mol. The van der Waals surface area contributed by atoms with Crippen LogP contribution in [0.25, 0.3) is 5.70 Å². The van der Waals surface area contributed by atoms with Crippen molar-refractivity contribution < 1.29 is 14.7 Å². The highest BCUT2D eigenvalue weighted by Crippen LogP contribution is 2.30. The van der Waals surface area contributed by atoms with E-state index in [1.807, 2.05) is 40.7 Å². The molecule has 1 saturated heterocycles. The van der Waals surface area contributed by atoms with Crippen molar-refractivity contribution in [2.45, 2.75) is 66.8 Å². The number of pyridine rings is 1. The number of anilines is 2. The number of phenolic OH excluding ortho intramolecular Hbond substituents is 1. The molecule has 2 unspecified atom stereocenters. The number of rotatable bonds is 9. The van der Waals surface area contributed by atoms with Gasteiger partial charge in [-0.15, -0.1) is 9.24 Å². The van der Waals surface area contributed by atoms with E-state index in [1.54, 1.807) is 54.2 Å². The van der Waals surface area contributed by atoms with Gasteiger partial charge in [0.15, 0.2) is 0 Å². The Morgan fingerprint density at radius 2 is 1.98 bits per heavy atom. The van der Waals surface area contributed by atoms with E-state index in [9.17, 15) is 14.7 Å². The Labute approximate surface area is 263 Å². The van der Waals surface area contributed by atoms with Crippen LogP contribution in [0.1, 0.15) is 82.2 Å². The lowest BCUT2D eigenvalue weighted by Gasteiger charge is -2.22. The quantitative estimate of drug-likeness (QED) is 0.207. The van der Waals surface area contributed by atoms with Crippen LogP contribution in [0, 0.1) is 12.8 Å². The predicted molar refractivity (Wildman–Crippen MR) is 183 cm³/mol. The summed E-state index contributed by atoms with van der Waals surface area (Å²) in [6, 6.07) is 3.19. The van der Waals surface area contributed by atoms with Crippen LogP contribution in [0.4, 0.5) is 11.5 Å². The van der Waals surface area contributed by atoms with Crippen molar-refractivity contribution in [2.75, 3.05) is 16.8 Å². The first-order valence-corrected chi connectivity index (χ1v) is 15.3. The highest BCUT2D eigenvalue weighted by atomic mass is 31.0. The molecule has 3 atom stereocenters. The second-order valence-electron chi connectivity index (χ2n) is 11.6. The van der Waals surface area contributed by atoms with Gasteiger partial charge in [0, 0.05) is 30.2 Å². The zero-order chi connectivity index (χ0) is 32.5. The van der Waals surface area contributed by atoms with E-state index in [2.05, 4.69) is 36.2 Å². The molecule has 0 spiro atoms. The molecule has 44 heavy (non-hydrogen) atoms. The highest BCUT2D eigenvalue weighted by Gasteiger charge is 2.31. The summed E-state index contributed by atoms with van der Waals surface area (Å²) in [4.78, 5) is 37.2. The number of allylic oxidation sites excluding steroid dienone is 1. The first-order chi connectivity index (χ1) is 20.8. The molecule has 2 N–H and O–H groups in total. The van der Waals surface area contributed by atoms with Gasteiger partial charge in [0.2, 0.25) is 5.91 Å². The predicted octanol–water partition coefficient (Wildman–Crippen LogP) is 4.71. The fourth-order valence-corrected chi connectivity index (χ4v) is 5.75. The Morgan fingerprint density at radius 1 is 1.27 bits per heavy atom. The van der Waals surface area contributed by atoms with Gasteiger partial charge in [-0.1, -0.05) is 39.5 Å². The number of nitrogens with zero attached hydrogens (tertiary/aromatic N) is 5. The van der Waals surface area contributed by atoms with Gasteiger partial charge in [0.1, 0.15) is 25.1 Å². The summed E-state index contributed by atoms with van der Waals surface area (Å²) in [5, 5.41) is 18.6. The number of aliphatic imine (C=N–C) groups is 1. The SMILES string of the molecule is [B]c1c(O)ccc(C(C)C)c1/C(=C/C)N=C(C(=C)C)C(=O)Nc1cnn(C(C)c2cnc(N3CC[C@@H](C)C3=O)c(P)c2C)c1. The van der Waals surface area contributed by atoms with Crippen LogP contribution in [0.15, 0.2) is 53.9 Å². The van der Waals surface area contributed by atoms with Crippen LogP contribution in [-0.2, 0) is 9.59 Å². The summed E-state index contributed by atoms with van der Waals surface area (Å²) in [6.07, 6.45) is 7.70. The molecule has 3 aromatic rings. The number of aromatic nitrogens is 3. The number of aromatic hydroxyl groups is 1. The van der Waals surface area contributed by atoms with Gasteiger partial charge in [-0.2, -0.15) is 5.10 Å². The monoisotopic (exact) mass is 610 g/mol. The second kappa shape index (κ2) is 13.3. The maximum absolute atomic E-state index is 13.5. The van der Waals surface area contributed by atoms with Crippen molar-refractivity contribution in [1.29, 1.82) is 0 Å². The number of phenols is 1. The minimum Gasteiger partial charge on any atom is -0.509 e. The van der Waals surface area contributed by atoms with E-state index in [-0.39, 0.29) is 40.7 Å². The lowest BCUT2D eigenvalue weighted by Crippen LogP contribution is -2.31. The number of benzene rings is 1. The number of amides is 2. The Morgan fingerprint density at radius 3 is 2.57 bits per heavy atom. The molecular formula is C33H40BN6O3P. The average molecular weight is 611 g/mol. The maximum atomic E-state index is 13.5. The topological polar surface area (TPSA) is 113 Å². The number of carbonyl (C=O) groups is 2. The fourth-order valence-electron chi connectivity index (χ4n) is 5.35. The van der Waals surface area contributed by atoms with Crippen LogP contribution < -0.4 is 21.0 Å². The molecule has 0 saturated carbocycles. The number of nitrogens with one attached hydrogen (secondary N) is 1. The maximum Gasteiger partial charge on any atom is 0.274 e. The Hall–Kier alpha value is -4.04. The minimum atomic E-state index is -0.451. The zero-order valence-electron chi connectivity index (χ0n) is 26.5. The number of carbonyl (C=O) groups excluding carboxylic acids is 2. The summed E-state index contributed by atoms with van der Waals surface area (Å²) in [5.41, 5.74) is 5.20. The van der Waals surface area contributed by atoms with Gasteiger partial charge in [0.25, 0.3) is 5.91 Å². The van der Waals surface area contributed by atoms with E-state index in [4.69, 9.17) is 7.85 Å². The lowest BCUT2D eigenvalue weighted by atomic mass is 9.82. The van der Waals surface area contributed by atoms with Gasteiger partial charge in [-0.05, 0) is 79.4 Å². The summed E-state index contributed by atoms with van der Waals surface area (Å²) >= 11 is 0. The van der Waals surface area contributed by atoms with Crippen LogP contribution in [0.3, 0.4) is 0 Å². The van der Waals surface area contributed by atoms with Crippen molar-refractivity contribution in [3.05, 3.63) is 71.2 Å². The molecule has 0 aliphatic carbocycles. The van der Waals surface area contributed by atoms with Crippen molar-refractivity contribution in [3.8, 4) is 5.75 Å². The van der Waals surface area contributed by atoms with Gasteiger partial charge >= 0.3 is 0 Å². The highest BCUT2D eigenvalue weighted by molar-refractivity contribution is 7.28. The third-order valence-electron chi connectivity index (χ3n) is 8.10. The molecule has 3 heterocycles. The van der Waals surface area contributed by atoms with E-state index >= 15 is 0 Å². The molecule has 2 aromatic heterocycles. The number of hydrogen-bond donors (Lipinski definition) is 2. The molecule has 2 amide bonds. The van der Waals surface area contributed by atoms with Crippen molar-refractivity contribution in [3.63, 3.8) is 0 Å². The lowest BCUT2D eigenvalue weighted by molar-refractivity contribution is -0.120. The second-order valence-corrected chi connectivity index (χ2v) is 12.2. The zero-order valence-corrected chi connectivity index (χ0v) is 27.6. The van der Waals surface area contributed by atoms with Crippen molar-refractivity contribution in [1.82, 2.24) is 14.8 Å². The van der Waals surface area contributed by atoms with Crippen LogP contribution in [-0.4, -0.2) is 51.8 Å². The van der Waals surface area contributed by atoms with Gasteiger partial charge in [-0.25, -0.2) is 9.98 Å². The standard InChI is InChI=1S/C33H40BN6O3P/c1-9-25(27-23(17(2)3)10-11-26(41)28(27)34)38-29(18(4)5)32(42)37-22-14-36-40(16-22)21(8)24-15-35-31(30(44)20(24)7)39-13-12-19(6)33(39)43/h9-11,14-17,19,21,41H,4,12-13,44H2,1-3,5-8H3,(H,37,42)/b25-9-,38-29?/t19-,21?/m1/s1.